The minimum Gasteiger partial charge on any atom is -0.508 e. The third-order valence-corrected chi connectivity index (χ3v) is 9.70. The number of aliphatic hydroxyl groups is 1. The highest BCUT2D eigenvalue weighted by molar-refractivity contribution is 8.00. The molecule has 3 aromatic rings. The first kappa shape index (κ1) is 29.7. The smallest absolute Gasteiger partial charge is 0.254 e. The predicted molar refractivity (Wildman–Crippen MR) is 163 cm³/mol. The monoisotopic (exact) mass is 587 g/mol. The molecule has 5 rings (SSSR count). The van der Waals surface area contributed by atoms with Gasteiger partial charge in [-0.25, -0.2) is 0 Å². The summed E-state index contributed by atoms with van der Waals surface area (Å²) in [5, 5.41) is 27.6. The lowest BCUT2D eigenvalue weighted by Gasteiger charge is -2.34. The summed E-state index contributed by atoms with van der Waals surface area (Å²) in [4.78, 5) is 42.5. The molecule has 4 atom stereocenters. The number of phenolic OH excluding ortho intramolecular Hbond substituents is 1. The normalized spacial score (nSPS) is 20.4. The lowest BCUT2D eigenvalue weighted by molar-refractivity contribution is -0.147. The summed E-state index contributed by atoms with van der Waals surface area (Å²) in [5.41, 5.74) is 3.79. The molecule has 220 valence electrons. The molecular formula is C33H37N3O5S. The van der Waals surface area contributed by atoms with E-state index in [0.29, 0.717) is 5.56 Å². The van der Waals surface area contributed by atoms with Crippen LogP contribution >= 0.6 is 11.8 Å². The van der Waals surface area contributed by atoms with Crippen LogP contribution in [0.3, 0.4) is 0 Å². The number of thioether (sulfide) groups is 1. The molecule has 2 aliphatic rings. The number of rotatable bonds is 8. The van der Waals surface area contributed by atoms with Crippen molar-refractivity contribution in [2.24, 2.45) is 0 Å². The Kier molecular flexibility index (Phi) is 8.61. The van der Waals surface area contributed by atoms with Crippen molar-refractivity contribution in [3.8, 4) is 5.75 Å². The molecular weight excluding hydrogens is 550 g/mol. The molecule has 8 nitrogen and oxygen atoms in total. The first-order chi connectivity index (χ1) is 20.1. The van der Waals surface area contributed by atoms with E-state index in [1.54, 1.807) is 19.1 Å². The third kappa shape index (κ3) is 6.03. The fourth-order valence-electron chi connectivity index (χ4n) is 5.94. The van der Waals surface area contributed by atoms with Gasteiger partial charge in [0.1, 0.15) is 11.8 Å². The second-order valence-corrected chi connectivity index (χ2v) is 13.1. The maximum atomic E-state index is 13.9. The number of benzene rings is 3. The van der Waals surface area contributed by atoms with Crippen molar-refractivity contribution in [3.63, 3.8) is 0 Å². The number of carbonyl (C=O) groups is 3. The number of aliphatic hydroxyl groups excluding tert-OH is 1. The molecule has 0 radical (unpaired) electrons. The average Bonchev–Trinajstić information content (AvgIpc) is 3.53. The van der Waals surface area contributed by atoms with Crippen molar-refractivity contribution in [1.82, 2.24) is 15.5 Å². The summed E-state index contributed by atoms with van der Waals surface area (Å²) in [6, 6.07) is 20.1. The minimum absolute atomic E-state index is 0.0195. The number of nitrogens with one attached hydrogen (secondary N) is 2. The number of carbonyl (C=O) groups excluding carboxylic acids is 3. The highest BCUT2D eigenvalue weighted by Crippen LogP contribution is 2.41. The average molecular weight is 588 g/mol. The SMILES string of the molecule is Cc1c(O)cccc1C(=O)N[C@@H](Cc1ccccc1)[C@H](O)C(=O)N1CSC(C)(C)C1C(=O)N[C@H]1CCc2ccccc21. The Bertz CT molecular complexity index is 1480. The molecule has 1 unspecified atom stereocenters. The summed E-state index contributed by atoms with van der Waals surface area (Å²) in [6.45, 7) is 5.49. The zero-order valence-electron chi connectivity index (χ0n) is 24.0. The van der Waals surface area contributed by atoms with E-state index in [1.807, 2.05) is 62.4 Å². The molecule has 4 N–H and O–H groups in total. The van der Waals surface area contributed by atoms with Crippen LogP contribution in [0.2, 0.25) is 0 Å². The molecule has 3 aromatic carbocycles. The number of aromatic hydroxyl groups is 1. The quantitative estimate of drug-likeness (QED) is 0.318. The second kappa shape index (κ2) is 12.2. The van der Waals surface area contributed by atoms with Crippen LogP contribution in [0, 0.1) is 6.92 Å². The van der Waals surface area contributed by atoms with Crippen molar-refractivity contribution in [3.05, 3.63) is 101 Å². The first-order valence-electron chi connectivity index (χ1n) is 14.2. The highest BCUT2D eigenvalue weighted by Gasteiger charge is 2.50. The highest BCUT2D eigenvalue weighted by atomic mass is 32.2. The van der Waals surface area contributed by atoms with Gasteiger partial charge in [-0.05, 0) is 68.9 Å². The molecule has 1 aliphatic carbocycles. The van der Waals surface area contributed by atoms with Gasteiger partial charge in [0.2, 0.25) is 5.91 Å². The molecule has 9 heteroatoms. The number of aryl methyl sites for hydroxylation is 1. The van der Waals surface area contributed by atoms with Gasteiger partial charge in [-0.3, -0.25) is 14.4 Å². The topological polar surface area (TPSA) is 119 Å². The Morgan fingerprint density at radius 1 is 1.02 bits per heavy atom. The van der Waals surface area contributed by atoms with E-state index in [0.717, 1.165) is 24.0 Å². The van der Waals surface area contributed by atoms with Crippen LogP contribution in [-0.4, -0.2) is 61.6 Å². The van der Waals surface area contributed by atoms with E-state index in [1.165, 1.54) is 28.3 Å². The Balaban J connectivity index is 1.37. The van der Waals surface area contributed by atoms with Crippen LogP contribution in [-0.2, 0) is 22.4 Å². The summed E-state index contributed by atoms with van der Waals surface area (Å²) in [6.07, 6.45) is 0.257. The Hall–Kier alpha value is -3.82. The molecule has 1 fully saturated rings. The summed E-state index contributed by atoms with van der Waals surface area (Å²) in [7, 11) is 0. The van der Waals surface area contributed by atoms with Crippen molar-refractivity contribution < 1.29 is 24.6 Å². The fourth-order valence-corrected chi connectivity index (χ4v) is 7.08. The summed E-state index contributed by atoms with van der Waals surface area (Å²) < 4.78 is -0.589. The fraction of sp³-hybridized carbons (Fsp3) is 0.364. The number of nitrogens with zero attached hydrogens (tertiary/aromatic N) is 1. The molecule has 0 aromatic heterocycles. The van der Waals surface area contributed by atoms with Gasteiger partial charge in [0.25, 0.3) is 11.8 Å². The van der Waals surface area contributed by atoms with E-state index in [-0.39, 0.29) is 35.6 Å². The molecule has 0 spiro atoms. The van der Waals surface area contributed by atoms with Crippen molar-refractivity contribution in [2.75, 3.05) is 5.88 Å². The van der Waals surface area contributed by atoms with Gasteiger partial charge in [0, 0.05) is 15.9 Å². The Morgan fingerprint density at radius 2 is 1.74 bits per heavy atom. The largest absolute Gasteiger partial charge is 0.508 e. The lowest BCUT2D eigenvalue weighted by Crippen LogP contribution is -2.59. The van der Waals surface area contributed by atoms with Gasteiger partial charge in [0.15, 0.2) is 6.10 Å². The number of hydrogen-bond acceptors (Lipinski definition) is 6. The van der Waals surface area contributed by atoms with Gasteiger partial charge in [-0.2, -0.15) is 0 Å². The number of phenols is 1. The van der Waals surface area contributed by atoms with Crippen LogP contribution < -0.4 is 10.6 Å². The maximum Gasteiger partial charge on any atom is 0.254 e. The summed E-state index contributed by atoms with van der Waals surface area (Å²) in [5.74, 6) is -1.17. The van der Waals surface area contributed by atoms with E-state index >= 15 is 0 Å². The number of hydrogen-bond donors (Lipinski definition) is 4. The number of fused-ring (bicyclic) bond motifs is 1. The predicted octanol–water partition coefficient (Wildman–Crippen LogP) is 3.89. The third-order valence-electron chi connectivity index (χ3n) is 8.33. The Morgan fingerprint density at radius 3 is 2.50 bits per heavy atom. The first-order valence-corrected chi connectivity index (χ1v) is 15.2. The van der Waals surface area contributed by atoms with E-state index in [4.69, 9.17) is 0 Å². The molecule has 1 aliphatic heterocycles. The zero-order valence-corrected chi connectivity index (χ0v) is 24.9. The van der Waals surface area contributed by atoms with Gasteiger partial charge >= 0.3 is 0 Å². The van der Waals surface area contributed by atoms with E-state index in [2.05, 4.69) is 16.7 Å². The van der Waals surface area contributed by atoms with Gasteiger partial charge in [-0.15, -0.1) is 11.8 Å². The van der Waals surface area contributed by atoms with Crippen molar-refractivity contribution in [1.29, 1.82) is 0 Å². The molecule has 0 bridgehead atoms. The van der Waals surface area contributed by atoms with Crippen molar-refractivity contribution in [2.45, 2.75) is 69.0 Å². The maximum absolute atomic E-state index is 13.9. The van der Waals surface area contributed by atoms with Crippen LogP contribution in [0.4, 0.5) is 0 Å². The van der Waals surface area contributed by atoms with Gasteiger partial charge < -0.3 is 25.7 Å². The minimum atomic E-state index is -1.61. The second-order valence-electron chi connectivity index (χ2n) is 11.6. The molecule has 3 amide bonds. The van der Waals surface area contributed by atoms with Crippen molar-refractivity contribution >= 4 is 29.5 Å². The zero-order chi connectivity index (χ0) is 30.0. The standard InChI is InChI=1S/C33H37N3O5S/c1-20-23(14-9-15-27(20)37)30(39)35-26(18-21-10-5-4-6-11-21)28(38)32(41)36-19-42-33(2,3)29(36)31(40)34-25-17-16-22-12-7-8-13-24(22)25/h4-15,25-26,28-29,37-38H,16-19H2,1-3H3,(H,34,40)(H,35,39)/t25-,26-,28-,29?/m0/s1. The summed E-state index contributed by atoms with van der Waals surface area (Å²) >= 11 is 1.48. The van der Waals surface area contributed by atoms with Crippen LogP contribution in [0.5, 0.6) is 5.75 Å². The van der Waals surface area contributed by atoms with E-state index < -0.39 is 34.7 Å². The van der Waals surface area contributed by atoms with Gasteiger partial charge in [-0.1, -0.05) is 60.7 Å². The molecule has 0 saturated carbocycles. The van der Waals surface area contributed by atoms with Crippen LogP contribution in [0.15, 0.2) is 72.8 Å². The molecule has 1 heterocycles. The molecule has 42 heavy (non-hydrogen) atoms. The van der Waals surface area contributed by atoms with E-state index in [9.17, 15) is 24.6 Å². The Labute approximate surface area is 250 Å². The molecule has 1 saturated heterocycles. The lowest BCUT2D eigenvalue weighted by atomic mass is 9.96. The van der Waals surface area contributed by atoms with Crippen LogP contribution in [0.25, 0.3) is 0 Å². The van der Waals surface area contributed by atoms with Gasteiger partial charge in [0.05, 0.1) is 18.0 Å². The number of amides is 3. The van der Waals surface area contributed by atoms with Crippen LogP contribution in [0.1, 0.15) is 58.9 Å².